The Hall–Kier alpha value is -2.33. The van der Waals surface area contributed by atoms with Crippen molar-refractivity contribution in [3.05, 3.63) is 54.1 Å². The van der Waals surface area contributed by atoms with Gasteiger partial charge in [-0.1, -0.05) is 75.4 Å². The third-order valence-electron chi connectivity index (χ3n) is 6.72. The maximum atomic E-state index is 11.7. The van der Waals surface area contributed by atoms with Crippen molar-refractivity contribution in [3.63, 3.8) is 0 Å². The Labute approximate surface area is 193 Å². The first-order chi connectivity index (χ1) is 15.6. The van der Waals surface area contributed by atoms with E-state index < -0.39 is 5.60 Å². The predicted octanol–water partition coefficient (Wildman–Crippen LogP) is 6.64. The lowest BCUT2D eigenvalue weighted by molar-refractivity contribution is -0.148. The summed E-state index contributed by atoms with van der Waals surface area (Å²) in [6.07, 6.45) is 10.1. The summed E-state index contributed by atoms with van der Waals surface area (Å²) < 4.78 is 10.7. The van der Waals surface area contributed by atoms with Gasteiger partial charge in [0, 0.05) is 0 Å². The highest BCUT2D eigenvalue weighted by molar-refractivity contribution is 5.72. The summed E-state index contributed by atoms with van der Waals surface area (Å²) in [7, 11) is 1.43. The second-order valence-electron chi connectivity index (χ2n) is 9.05. The lowest BCUT2D eigenvalue weighted by Crippen LogP contribution is -2.34. The number of esters is 1. The molecule has 1 saturated carbocycles. The van der Waals surface area contributed by atoms with Gasteiger partial charge < -0.3 is 14.6 Å². The van der Waals surface area contributed by atoms with Crippen molar-refractivity contribution < 1.29 is 19.4 Å². The zero-order chi connectivity index (χ0) is 22.8. The van der Waals surface area contributed by atoms with Crippen LogP contribution in [0.25, 0.3) is 11.1 Å². The third-order valence-corrected chi connectivity index (χ3v) is 6.72. The fourth-order valence-electron chi connectivity index (χ4n) is 4.58. The summed E-state index contributed by atoms with van der Waals surface area (Å²) in [6.45, 7) is 3.01. The van der Waals surface area contributed by atoms with E-state index in [0.717, 1.165) is 35.5 Å². The van der Waals surface area contributed by atoms with Gasteiger partial charge in [0.1, 0.15) is 5.75 Å². The number of benzene rings is 2. The van der Waals surface area contributed by atoms with E-state index in [0.29, 0.717) is 25.7 Å². The molecule has 0 unspecified atom stereocenters. The van der Waals surface area contributed by atoms with Gasteiger partial charge in [0.25, 0.3) is 0 Å². The first-order valence-corrected chi connectivity index (χ1v) is 12.2. The van der Waals surface area contributed by atoms with Gasteiger partial charge >= 0.3 is 5.97 Å². The molecule has 3 rings (SSSR count). The molecule has 174 valence electrons. The molecule has 1 aliphatic rings. The van der Waals surface area contributed by atoms with Crippen LogP contribution in [0.5, 0.6) is 5.75 Å². The van der Waals surface area contributed by atoms with E-state index in [9.17, 15) is 9.90 Å². The Bertz CT molecular complexity index is 818. The van der Waals surface area contributed by atoms with Crippen LogP contribution in [-0.2, 0) is 15.1 Å². The summed E-state index contributed by atoms with van der Waals surface area (Å²) in [5.74, 6) is 0.652. The van der Waals surface area contributed by atoms with Crippen LogP contribution < -0.4 is 4.74 Å². The highest BCUT2D eigenvalue weighted by Crippen LogP contribution is 2.40. The molecule has 0 spiro atoms. The van der Waals surface area contributed by atoms with Crippen molar-refractivity contribution in [3.8, 4) is 16.9 Å². The predicted molar refractivity (Wildman–Crippen MR) is 129 cm³/mol. The van der Waals surface area contributed by atoms with Crippen molar-refractivity contribution in [2.24, 2.45) is 5.92 Å². The van der Waals surface area contributed by atoms with E-state index in [4.69, 9.17) is 9.47 Å². The number of carbonyl (C=O) groups excluding carboxylic acids is 1. The molecule has 1 aliphatic carbocycles. The molecule has 0 atom stereocenters. The molecule has 0 heterocycles. The van der Waals surface area contributed by atoms with Crippen LogP contribution in [0.2, 0.25) is 0 Å². The molecule has 32 heavy (non-hydrogen) atoms. The molecule has 4 heteroatoms. The van der Waals surface area contributed by atoms with Gasteiger partial charge in [0.05, 0.1) is 25.2 Å². The summed E-state index contributed by atoms with van der Waals surface area (Å²) in [5.41, 5.74) is 2.30. The van der Waals surface area contributed by atoms with Gasteiger partial charge in [-0.05, 0) is 60.9 Å². The number of aliphatic hydroxyl groups is 1. The number of hydrogen-bond donors (Lipinski definition) is 1. The maximum absolute atomic E-state index is 11.7. The SMILES string of the molecule is CCCCCCCCOc1ccc(-c2ccc(C3(O)CCC(C(=O)OC)CC3)cc2)cc1. The van der Waals surface area contributed by atoms with E-state index >= 15 is 0 Å². The summed E-state index contributed by atoms with van der Waals surface area (Å²) in [5, 5.41) is 11.1. The second-order valence-corrected chi connectivity index (χ2v) is 9.05. The van der Waals surface area contributed by atoms with Crippen molar-refractivity contribution in [1.29, 1.82) is 0 Å². The molecular formula is C28H38O4. The molecule has 2 aromatic rings. The van der Waals surface area contributed by atoms with Crippen molar-refractivity contribution in [1.82, 2.24) is 0 Å². The number of carbonyl (C=O) groups is 1. The third kappa shape index (κ3) is 6.59. The number of unbranched alkanes of at least 4 members (excludes halogenated alkanes) is 5. The molecule has 0 amide bonds. The number of hydrogen-bond acceptors (Lipinski definition) is 4. The summed E-state index contributed by atoms with van der Waals surface area (Å²) in [4.78, 5) is 11.7. The van der Waals surface area contributed by atoms with Crippen LogP contribution in [0, 0.1) is 5.92 Å². The van der Waals surface area contributed by atoms with Gasteiger partial charge in [-0.25, -0.2) is 0 Å². The van der Waals surface area contributed by atoms with Gasteiger partial charge in [0.15, 0.2) is 0 Å². The summed E-state index contributed by atoms with van der Waals surface area (Å²) >= 11 is 0. The van der Waals surface area contributed by atoms with Crippen LogP contribution in [0.15, 0.2) is 48.5 Å². The van der Waals surface area contributed by atoms with Crippen LogP contribution in [-0.4, -0.2) is 24.8 Å². The Morgan fingerprint density at radius 2 is 1.47 bits per heavy atom. The second kappa shape index (κ2) is 12.1. The lowest BCUT2D eigenvalue weighted by atomic mass is 9.75. The van der Waals surface area contributed by atoms with E-state index in [2.05, 4.69) is 31.2 Å². The largest absolute Gasteiger partial charge is 0.494 e. The highest BCUT2D eigenvalue weighted by atomic mass is 16.5. The van der Waals surface area contributed by atoms with Crippen LogP contribution in [0.4, 0.5) is 0 Å². The smallest absolute Gasteiger partial charge is 0.308 e. The molecule has 2 aromatic carbocycles. The maximum Gasteiger partial charge on any atom is 0.308 e. The quantitative estimate of drug-likeness (QED) is 0.315. The van der Waals surface area contributed by atoms with E-state index in [-0.39, 0.29) is 11.9 Å². The standard InChI is InChI=1S/C28H38O4/c1-3-4-5-6-7-8-21-32-26-15-11-23(12-16-26)22-9-13-25(14-10-22)28(30)19-17-24(18-20-28)27(29)31-2/h9-16,24,30H,3-8,17-21H2,1-2H3. The zero-order valence-electron chi connectivity index (χ0n) is 19.6. The van der Waals surface area contributed by atoms with Crippen LogP contribution in [0.1, 0.15) is 76.7 Å². The van der Waals surface area contributed by atoms with Gasteiger partial charge in [0.2, 0.25) is 0 Å². The zero-order valence-corrected chi connectivity index (χ0v) is 19.6. The molecule has 0 radical (unpaired) electrons. The molecule has 0 bridgehead atoms. The van der Waals surface area contributed by atoms with E-state index in [1.165, 1.54) is 39.2 Å². The Balaban J connectivity index is 1.50. The lowest BCUT2D eigenvalue weighted by Gasteiger charge is -2.35. The molecule has 0 aromatic heterocycles. The summed E-state index contributed by atoms with van der Waals surface area (Å²) in [6, 6.07) is 16.4. The van der Waals surface area contributed by atoms with E-state index in [1.54, 1.807) is 0 Å². The average molecular weight is 439 g/mol. The normalized spacial score (nSPS) is 20.7. The Morgan fingerprint density at radius 1 is 0.906 bits per heavy atom. The first kappa shape index (κ1) is 24.3. The minimum atomic E-state index is -0.864. The molecule has 4 nitrogen and oxygen atoms in total. The molecular weight excluding hydrogens is 400 g/mol. The molecule has 0 aliphatic heterocycles. The Kier molecular flexibility index (Phi) is 9.16. The van der Waals surface area contributed by atoms with E-state index in [1.807, 2.05) is 24.3 Å². The molecule has 0 saturated heterocycles. The van der Waals surface area contributed by atoms with Crippen LogP contribution in [0.3, 0.4) is 0 Å². The minimum Gasteiger partial charge on any atom is -0.494 e. The van der Waals surface area contributed by atoms with Gasteiger partial charge in [-0.3, -0.25) is 4.79 Å². The number of ether oxygens (including phenoxy) is 2. The fourth-order valence-corrected chi connectivity index (χ4v) is 4.58. The fraction of sp³-hybridized carbons (Fsp3) is 0.536. The highest BCUT2D eigenvalue weighted by Gasteiger charge is 2.37. The van der Waals surface area contributed by atoms with Gasteiger partial charge in [-0.15, -0.1) is 0 Å². The number of methoxy groups -OCH3 is 1. The number of rotatable bonds is 11. The van der Waals surface area contributed by atoms with Crippen LogP contribution >= 0.6 is 0 Å². The van der Waals surface area contributed by atoms with Crippen molar-refractivity contribution in [2.75, 3.05) is 13.7 Å². The Morgan fingerprint density at radius 3 is 2.06 bits per heavy atom. The molecule has 1 N–H and O–H groups in total. The monoisotopic (exact) mass is 438 g/mol. The minimum absolute atomic E-state index is 0.0960. The van der Waals surface area contributed by atoms with Crippen molar-refractivity contribution in [2.45, 2.75) is 76.7 Å². The average Bonchev–Trinajstić information content (AvgIpc) is 2.84. The molecule has 1 fully saturated rings. The van der Waals surface area contributed by atoms with Gasteiger partial charge in [-0.2, -0.15) is 0 Å². The first-order valence-electron chi connectivity index (χ1n) is 12.2. The topological polar surface area (TPSA) is 55.8 Å². The van der Waals surface area contributed by atoms with Crippen molar-refractivity contribution >= 4 is 5.97 Å².